The Morgan fingerprint density at radius 2 is 1.81 bits per heavy atom. The maximum atomic E-state index is 12.1. The van der Waals surface area contributed by atoms with Gasteiger partial charge in [0.1, 0.15) is 0 Å². The van der Waals surface area contributed by atoms with E-state index in [1.165, 1.54) is 0 Å². The Kier molecular flexibility index (Phi) is 6.93. The van der Waals surface area contributed by atoms with E-state index in [9.17, 15) is 13.2 Å². The average Bonchev–Trinajstić information content (AvgIpc) is 2.35. The average molecular weight is 319 g/mol. The van der Waals surface area contributed by atoms with Crippen LogP contribution in [0.25, 0.3) is 0 Å². The van der Waals surface area contributed by atoms with Crippen molar-refractivity contribution in [3.05, 3.63) is 0 Å². The minimum atomic E-state index is -3.42. The van der Waals surface area contributed by atoms with Gasteiger partial charge in [0.2, 0.25) is 10.0 Å². The molecule has 0 aromatic carbocycles. The lowest BCUT2D eigenvalue weighted by Gasteiger charge is -2.32. The van der Waals surface area contributed by atoms with Gasteiger partial charge in [-0.2, -0.15) is 0 Å². The van der Waals surface area contributed by atoms with Gasteiger partial charge in [-0.25, -0.2) is 18.4 Å². The summed E-state index contributed by atoms with van der Waals surface area (Å²) in [5.41, 5.74) is 0. The second-order valence-electron chi connectivity index (χ2n) is 6.58. The molecule has 0 bridgehead atoms. The summed E-state index contributed by atoms with van der Waals surface area (Å²) in [4.78, 5) is 13.9. The van der Waals surface area contributed by atoms with Crippen LogP contribution >= 0.6 is 0 Å². The Morgan fingerprint density at radius 3 is 2.29 bits per heavy atom. The van der Waals surface area contributed by atoms with Crippen LogP contribution in [0.3, 0.4) is 0 Å². The van der Waals surface area contributed by atoms with E-state index in [-0.39, 0.29) is 23.7 Å². The molecule has 0 radical (unpaired) electrons. The Bertz CT molecular complexity index is 429. The maximum absolute atomic E-state index is 12.1. The van der Waals surface area contributed by atoms with E-state index < -0.39 is 10.0 Å². The summed E-state index contributed by atoms with van der Waals surface area (Å²) in [5.74, 6) is 0.730. The minimum Gasteiger partial charge on any atom is -0.336 e. The lowest BCUT2D eigenvalue weighted by Crippen LogP contribution is -2.48. The van der Waals surface area contributed by atoms with Crippen molar-refractivity contribution >= 4 is 16.1 Å². The summed E-state index contributed by atoms with van der Waals surface area (Å²) in [5, 5.41) is 8.08. The van der Waals surface area contributed by atoms with Gasteiger partial charge in [0.05, 0.1) is 5.75 Å². The molecule has 3 N–H and O–H groups in total. The quantitative estimate of drug-likeness (QED) is 0.777. The maximum Gasteiger partial charge on any atom is 0.317 e. The number of primary sulfonamides is 1. The lowest BCUT2D eigenvalue weighted by molar-refractivity contribution is 0.170. The molecule has 1 atom stereocenters. The van der Waals surface area contributed by atoms with E-state index in [1.54, 1.807) is 4.90 Å². The first-order valence-electron chi connectivity index (χ1n) is 7.73. The summed E-state index contributed by atoms with van der Waals surface area (Å²) in [7, 11) is -3.42. The molecule has 2 amide bonds. The number of nitrogens with one attached hydrogen (secondary N) is 1. The van der Waals surface area contributed by atoms with Gasteiger partial charge >= 0.3 is 6.03 Å². The number of hydrogen-bond donors (Lipinski definition) is 2. The number of piperidine rings is 1. The SMILES string of the molecule is CC(C)CCC(C)NC(=O)N1CCC(CS(N)(=O)=O)CC1. The van der Waals surface area contributed by atoms with Gasteiger partial charge in [-0.3, -0.25) is 0 Å². The van der Waals surface area contributed by atoms with Crippen molar-refractivity contribution in [1.29, 1.82) is 0 Å². The van der Waals surface area contributed by atoms with Crippen LogP contribution in [0.1, 0.15) is 46.5 Å². The van der Waals surface area contributed by atoms with Crippen molar-refractivity contribution in [2.75, 3.05) is 18.8 Å². The number of carbonyl (C=O) groups is 1. The molecule has 1 heterocycles. The molecule has 0 aromatic rings. The summed E-state index contributed by atoms with van der Waals surface area (Å²) >= 11 is 0. The molecule has 1 unspecified atom stereocenters. The number of rotatable bonds is 6. The van der Waals surface area contributed by atoms with Gasteiger partial charge in [-0.1, -0.05) is 13.8 Å². The normalized spacial score (nSPS) is 18.8. The molecule has 6 nitrogen and oxygen atoms in total. The summed E-state index contributed by atoms with van der Waals surface area (Å²) in [6, 6.07) is 0.127. The van der Waals surface area contributed by atoms with E-state index in [4.69, 9.17) is 5.14 Å². The third-order valence-corrected chi connectivity index (χ3v) is 4.85. The Labute approximate surface area is 128 Å². The lowest BCUT2D eigenvalue weighted by atomic mass is 9.99. The molecule has 1 fully saturated rings. The highest BCUT2D eigenvalue weighted by Crippen LogP contribution is 2.18. The standard InChI is InChI=1S/C14H29N3O3S/c1-11(2)4-5-12(3)16-14(18)17-8-6-13(7-9-17)10-21(15,19)20/h11-13H,4-10H2,1-3H3,(H,16,18)(H2,15,19,20). The molecule has 0 aromatic heterocycles. The van der Waals surface area contributed by atoms with Crippen molar-refractivity contribution in [1.82, 2.24) is 10.2 Å². The fraction of sp³-hybridized carbons (Fsp3) is 0.929. The predicted molar refractivity (Wildman–Crippen MR) is 84.3 cm³/mol. The molecule has 1 aliphatic rings. The first kappa shape index (κ1) is 18.2. The third-order valence-electron chi connectivity index (χ3n) is 3.92. The Hall–Kier alpha value is -0.820. The van der Waals surface area contributed by atoms with Gasteiger partial charge in [0.25, 0.3) is 0 Å². The first-order valence-corrected chi connectivity index (χ1v) is 9.45. The number of hydrogen-bond acceptors (Lipinski definition) is 3. The van der Waals surface area contributed by atoms with E-state index in [2.05, 4.69) is 19.2 Å². The van der Waals surface area contributed by atoms with E-state index in [0.29, 0.717) is 31.8 Å². The molecule has 0 saturated carbocycles. The fourth-order valence-corrected chi connectivity index (χ4v) is 3.58. The number of carbonyl (C=O) groups excluding carboxylic acids is 1. The number of nitrogens with zero attached hydrogens (tertiary/aromatic N) is 1. The third kappa shape index (κ3) is 7.66. The molecule has 7 heteroatoms. The number of urea groups is 1. The fourth-order valence-electron chi connectivity index (χ4n) is 2.59. The Morgan fingerprint density at radius 1 is 1.24 bits per heavy atom. The molecule has 1 aliphatic heterocycles. The number of nitrogens with two attached hydrogens (primary N) is 1. The van der Waals surface area contributed by atoms with Crippen LogP contribution in [0.2, 0.25) is 0 Å². The van der Waals surface area contributed by atoms with Gasteiger partial charge < -0.3 is 10.2 Å². The largest absolute Gasteiger partial charge is 0.336 e. The van der Waals surface area contributed by atoms with Crippen LogP contribution in [-0.4, -0.2) is 44.2 Å². The predicted octanol–water partition coefficient (Wildman–Crippen LogP) is 1.52. The first-order chi connectivity index (χ1) is 9.67. The summed E-state index contributed by atoms with van der Waals surface area (Å²) < 4.78 is 22.1. The summed E-state index contributed by atoms with van der Waals surface area (Å²) in [6.45, 7) is 7.56. The minimum absolute atomic E-state index is 0.0211. The molecular weight excluding hydrogens is 290 g/mol. The zero-order chi connectivity index (χ0) is 16.0. The molecule has 0 spiro atoms. The zero-order valence-corrected chi connectivity index (χ0v) is 14.2. The monoisotopic (exact) mass is 319 g/mol. The van der Waals surface area contributed by atoms with Crippen molar-refractivity contribution < 1.29 is 13.2 Å². The number of likely N-dealkylation sites (tertiary alicyclic amines) is 1. The van der Waals surface area contributed by atoms with Crippen LogP contribution in [0.5, 0.6) is 0 Å². The molecule has 1 saturated heterocycles. The van der Waals surface area contributed by atoms with Gasteiger partial charge in [0, 0.05) is 19.1 Å². The van der Waals surface area contributed by atoms with Crippen molar-refractivity contribution in [3.63, 3.8) is 0 Å². The van der Waals surface area contributed by atoms with Crippen LogP contribution in [0, 0.1) is 11.8 Å². The van der Waals surface area contributed by atoms with Crippen LogP contribution in [-0.2, 0) is 10.0 Å². The topological polar surface area (TPSA) is 92.5 Å². The molecule has 124 valence electrons. The molecular formula is C14H29N3O3S. The van der Waals surface area contributed by atoms with E-state index in [1.807, 2.05) is 6.92 Å². The highest BCUT2D eigenvalue weighted by Gasteiger charge is 2.25. The van der Waals surface area contributed by atoms with E-state index >= 15 is 0 Å². The summed E-state index contributed by atoms with van der Waals surface area (Å²) in [6.07, 6.45) is 3.47. The second-order valence-corrected chi connectivity index (χ2v) is 8.24. The molecule has 1 rings (SSSR count). The van der Waals surface area contributed by atoms with Crippen LogP contribution in [0.4, 0.5) is 4.79 Å². The molecule has 21 heavy (non-hydrogen) atoms. The smallest absolute Gasteiger partial charge is 0.317 e. The van der Waals surface area contributed by atoms with E-state index in [0.717, 1.165) is 12.8 Å². The van der Waals surface area contributed by atoms with Crippen LogP contribution in [0.15, 0.2) is 0 Å². The second kappa shape index (κ2) is 7.98. The molecule has 0 aliphatic carbocycles. The van der Waals surface area contributed by atoms with Gasteiger partial charge in [-0.05, 0) is 44.4 Å². The van der Waals surface area contributed by atoms with Crippen LogP contribution < -0.4 is 10.5 Å². The van der Waals surface area contributed by atoms with Crippen molar-refractivity contribution in [2.24, 2.45) is 17.0 Å². The number of amides is 2. The number of sulfonamides is 1. The zero-order valence-electron chi connectivity index (χ0n) is 13.3. The van der Waals surface area contributed by atoms with Crippen molar-refractivity contribution in [2.45, 2.75) is 52.5 Å². The highest BCUT2D eigenvalue weighted by atomic mass is 32.2. The highest BCUT2D eigenvalue weighted by molar-refractivity contribution is 7.89. The van der Waals surface area contributed by atoms with Gasteiger partial charge in [-0.15, -0.1) is 0 Å². The van der Waals surface area contributed by atoms with Gasteiger partial charge in [0.15, 0.2) is 0 Å². The van der Waals surface area contributed by atoms with Crippen molar-refractivity contribution in [3.8, 4) is 0 Å². The Balaban J connectivity index is 2.31.